The van der Waals surface area contributed by atoms with E-state index in [0.29, 0.717) is 23.1 Å². The van der Waals surface area contributed by atoms with Crippen LogP contribution in [-0.2, 0) is 4.79 Å². The van der Waals surface area contributed by atoms with Gasteiger partial charge < -0.3 is 14.8 Å². The zero-order valence-corrected chi connectivity index (χ0v) is 11.1. The molecule has 0 bridgehead atoms. The molecule has 1 fully saturated rings. The van der Waals surface area contributed by atoms with E-state index in [-0.39, 0.29) is 12.5 Å². The minimum atomic E-state index is -0.429. The Morgan fingerprint density at radius 3 is 2.70 bits per heavy atom. The quantitative estimate of drug-likeness (QED) is 0.385. The fourth-order valence-electron chi connectivity index (χ4n) is 1.65. The number of hydrogen-bond donors (Lipinski definition) is 3. The van der Waals surface area contributed by atoms with Gasteiger partial charge in [-0.2, -0.15) is 0 Å². The number of nitrogens with one attached hydrogen (secondary N) is 2. The highest BCUT2D eigenvalue weighted by Crippen LogP contribution is 2.28. The van der Waals surface area contributed by atoms with Crippen molar-refractivity contribution in [1.29, 1.82) is 0 Å². The topological polar surface area (TPSA) is 103 Å². The number of carbonyl (C=O) groups is 2. The van der Waals surface area contributed by atoms with Crippen LogP contribution in [0.4, 0.5) is 0 Å². The molecule has 108 valence electrons. The van der Waals surface area contributed by atoms with Crippen LogP contribution in [0.15, 0.2) is 18.2 Å². The molecule has 2 amide bonds. The van der Waals surface area contributed by atoms with Crippen LogP contribution in [0.3, 0.4) is 0 Å². The minimum Gasteiger partial charge on any atom is -0.493 e. The predicted octanol–water partition coefficient (Wildman–Crippen LogP) is -0.0439. The molecule has 0 aromatic heterocycles. The van der Waals surface area contributed by atoms with Gasteiger partial charge in [0.05, 0.1) is 7.11 Å². The van der Waals surface area contributed by atoms with Crippen LogP contribution in [0.5, 0.6) is 11.5 Å². The van der Waals surface area contributed by atoms with E-state index in [1.807, 2.05) is 5.43 Å². The summed E-state index contributed by atoms with van der Waals surface area (Å²) in [5, 5.41) is 2.81. The number of carbonyl (C=O) groups excluding carboxylic acids is 2. The molecule has 2 rings (SSSR count). The van der Waals surface area contributed by atoms with E-state index in [0.717, 1.165) is 12.8 Å². The highest BCUT2D eigenvalue weighted by molar-refractivity contribution is 5.94. The summed E-state index contributed by atoms with van der Waals surface area (Å²) in [7, 11) is 1.45. The number of nitrogen functional groups attached to an aromatic ring is 1. The molecule has 0 heterocycles. The molecule has 7 nitrogen and oxygen atoms in total. The molecule has 0 spiro atoms. The lowest BCUT2D eigenvalue weighted by Crippen LogP contribution is -2.31. The van der Waals surface area contributed by atoms with Crippen LogP contribution in [0, 0.1) is 0 Å². The molecule has 1 saturated carbocycles. The van der Waals surface area contributed by atoms with E-state index >= 15 is 0 Å². The van der Waals surface area contributed by atoms with Crippen LogP contribution >= 0.6 is 0 Å². The number of amides is 2. The van der Waals surface area contributed by atoms with Gasteiger partial charge in [0.2, 0.25) is 0 Å². The van der Waals surface area contributed by atoms with Gasteiger partial charge in [-0.3, -0.25) is 15.0 Å². The average Bonchev–Trinajstić information content (AvgIpc) is 3.27. The number of ether oxygens (including phenoxy) is 2. The Morgan fingerprint density at radius 1 is 1.35 bits per heavy atom. The minimum absolute atomic E-state index is 0.0880. The Morgan fingerprint density at radius 2 is 2.10 bits per heavy atom. The van der Waals surface area contributed by atoms with E-state index in [1.165, 1.54) is 13.2 Å². The van der Waals surface area contributed by atoms with Crippen molar-refractivity contribution < 1.29 is 19.1 Å². The number of benzene rings is 1. The van der Waals surface area contributed by atoms with E-state index in [1.54, 1.807) is 12.1 Å². The van der Waals surface area contributed by atoms with Gasteiger partial charge in [-0.25, -0.2) is 5.84 Å². The predicted molar refractivity (Wildman–Crippen MR) is 71.3 cm³/mol. The fourth-order valence-corrected chi connectivity index (χ4v) is 1.65. The fraction of sp³-hybridized carbons (Fsp3) is 0.385. The van der Waals surface area contributed by atoms with Crippen molar-refractivity contribution in [3.05, 3.63) is 23.8 Å². The van der Waals surface area contributed by atoms with Crippen molar-refractivity contribution in [3.63, 3.8) is 0 Å². The maximum Gasteiger partial charge on any atom is 0.265 e. The molecular formula is C13H17N3O4. The summed E-state index contributed by atoms with van der Waals surface area (Å²) in [6.45, 7) is -0.0880. The van der Waals surface area contributed by atoms with E-state index in [9.17, 15) is 9.59 Å². The summed E-state index contributed by atoms with van der Waals surface area (Å²) in [5.74, 6) is 5.22. The standard InChI is InChI=1S/C13H17N3O4/c1-19-11-6-8(13(18)16-14)2-5-10(11)20-7-12(17)15-9-3-4-9/h2,5-6,9H,3-4,7,14H2,1H3,(H,15,17)(H,16,18). The second-order valence-electron chi connectivity index (χ2n) is 4.47. The molecule has 0 saturated heterocycles. The van der Waals surface area contributed by atoms with E-state index in [2.05, 4.69) is 5.32 Å². The third-order valence-electron chi connectivity index (χ3n) is 2.86. The largest absolute Gasteiger partial charge is 0.493 e. The monoisotopic (exact) mass is 279 g/mol. The van der Waals surface area contributed by atoms with Crippen LogP contribution in [0.1, 0.15) is 23.2 Å². The van der Waals surface area contributed by atoms with E-state index < -0.39 is 5.91 Å². The van der Waals surface area contributed by atoms with Crippen molar-refractivity contribution in [3.8, 4) is 11.5 Å². The molecule has 0 unspecified atom stereocenters. The Hall–Kier alpha value is -2.28. The summed E-state index contributed by atoms with van der Waals surface area (Å²) in [6.07, 6.45) is 2.05. The maximum absolute atomic E-state index is 11.5. The summed E-state index contributed by atoms with van der Waals surface area (Å²) in [4.78, 5) is 22.9. The summed E-state index contributed by atoms with van der Waals surface area (Å²) < 4.78 is 10.5. The zero-order valence-electron chi connectivity index (χ0n) is 11.1. The van der Waals surface area contributed by atoms with Gasteiger partial charge >= 0.3 is 0 Å². The Labute approximate surface area is 116 Å². The van der Waals surface area contributed by atoms with Crippen LogP contribution in [0.25, 0.3) is 0 Å². The Bertz CT molecular complexity index is 514. The number of nitrogens with two attached hydrogens (primary N) is 1. The first-order chi connectivity index (χ1) is 9.63. The summed E-state index contributed by atoms with van der Waals surface area (Å²) in [5.41, 5.74) is 2.38. The van der Waals surface area contributed by atoms with Gasteiger partial charge in [0, 0.05) is 11.6 Å². The first-order valence-corrected chi connectivity index (χ1v) is 6.25. The second-order valence-corrected chi connectivity index (χ2v) is 4.47. The molecule has 4 N–H and O–H groups in total. The van der Waals surface area contributed by atoms with Crippen molar-refractivity contribution in [2.24, 2.45) is 5.84 Å². The molecule has 0 atom stereocenters. The smallest absolute Gasteiger partial charge is 0.265 e. The normalized spacial score (nSPS) is 13.5. The number of rotatable bonds is 6. The maximum atomic E-state index is 11.5. The Kier molecular flexibility index (Phi) is 4.41. The SMILES string of the molecule is COc1cc(C(=O)NN)ccc1OCC(=O)NC1CC1. The Balaban J connectivity index is 1.99. The number of hydrazine groups is 1. The lowest BCUT2D eigenvalue weighted by molar-refractivity contribution is -0.123. The van der Waals surface area contributed by atoms with Gasteiger partial charge in [0.15, 0.2) is 18.1 Å². The third-order valence-corrected chi connectivity index (χ3v) is 2.86. The van der Waals surface area contributed by atoms with Crippen LogP contribution < -0.4 is 26.1 Å². The second kappa shape index (κ2) is 6.25. The van der Waals surface area contributed by atoms with Crippen molar-refractivity contribution in [1.82, 2.24) is 10.7 Å². The highest BCUT2D eigenvalue weighted by atomic mass is 16.5. The van der Waals surface area contributed by atoms with Crippen LogP contribution in [-0.4, -0.2) is 31.6 Å². The number of methoxy groups -OCH3 is 1. The van der Waals surface area contributed by atoms with Crippen molar-refractivity contribution >= 4 is 11.8 Å². The summed E-state index contributed by atoms with van der Waals surface area (Å²) in [6, 6.07) is 4.90. The number of hydrogen-bond acceptors (Lipinski definition) is 5. The molecule has 0 radical (unpaired) electrons. The third kappa shape index (κ3) is 3.61. The molecule has 1 aromatic rings. The van der Waals surface area contributed by atoms with Gasteiger partial charge in [0.25, 0.3) is 11.8 Å². The first kappa shape index (κ1) is 14.1. The zero-order chi connectivity index (χ0) is 14.5. The molecule has 1 aliphatic carbocycles. The first-order valence-electron chi connectivity index (χ1n) is 6.25. The van der Waals surface area contributed by atoms with Crippen molar-refractivity contribution in [2.45, 2.75) is 18.9 Å². The van der Waals surface area contributed by atoms with Crippen molar-refractivity contribution in [2.75, 3.05) is 13.7 Å². The van der Waals surface area contributed by atoms with Gasteiger partial charge in [-0.1, -0.05) is 0 Å². The lowest BCUT2D eigenvalue weighted by Gasteiger charge is -2.11. The molecular weight excluding hydrogens is 262 g/mol. The van der Waals surface area contributed by atoms with Gasteiger partial charge in [0.1, 0.15) is 0 Å². The molecule has 20 heavy (non-hydrogen) atoms. The molecule has 1 aromatic carbocycles. The van der Waals surface area contributed by atoms with Crippen LogP contribution in [0.2, 0.25) is 0 Å². The van der Waals surface area contributed by atoms with Gasteiger partial charge in [-0.05, 0) is 31.0 Å². The van der Waals surface area contributed by atoms with E-state index in [4.69, 9.17) is 15.3 Å². The van der Waals surface area contributed by atoms with Gasteiger partial charge in [-0.15, -0.1) is 0 Å². The average molecular weight is 279 g/mol. The molecule has 0 aliphatic heterocycles. The highest BCUT2D eigenvalue weighted by Gasteiger charge is 2.23. The lowest BCUT2D eigenvalue weighted by atomic mass is 10.2. The summed E-state index contributed by atoms with van der Waals surface area (Å²) >= 11 is 0. The molecule has 1 aliphatic rings. The molecule has 7 heteroatoms.